The summed E-state index contributed by atoms with van der Waals surface area (Å²) >= 11 is 1.03. The van der Waals surface area contributed by atoms with Gasteiger partial charge in [-0.25, -0.2) is 14.2 Å². The molecule has 0 saturated carbocycles. The van der Waals surface area contributed by atoms with Crippen molar-refractivity contribution in [2.24, 2.45) is 0 Å². The second-order valence-electron chi connectivity index (χ2n) is 3.99. The SMILES string of the molecule is COCc1nc(-c2cc(F)ccc2C)sc1C(=O)O. The number of methoxy groups -OCH3 is 1. The van der Waals surface area contributed by atoms with Crippen molar-refractivity contribution in [2.45, 2.75) is 13.5 Å². The maximum absolute atomic E-state index is 13.3. The zero-order valence-electron chi connectivity index (χ0n) is 10.4. The van der Waals surface area contributed by atoms with Crippen LogP contribution >= 0.6 is 11.3 Å². The molecular formula is C13H12FNO3S. The van der Waals surface area contributed by atoms with Crippen LogP contribution in [-0.4, -0.2) is 23.2 Å². The maximum Gasteiger partial charge on any atom is 0.347 e. The van der Waals surface area contributed by atoms with Gasteiger partial charge in [0.1, 0.15) is 15.7 Å². The van der Waals surface area contributed by atoms with Crippen molar-refractivity contribution in [1.82, 2.24) is 4.98 Å². The van der Waals surface area contributed by atoms with E-state index in [0.29, 0.717) is 16.3 Å². The smallest absolute Gasteiger partial charge is 0.347 e. The van der Waals surface area contributed by atoms with Crippen LogP contribution in [-0.2, 0) is 11.3 Å². The quantitative estimate of drug-likeness (QED) is 0.935. The number of benzene rings is 1. The molecule has 1 aromatic heterocycles. The summed E-state index contributed by atoms with van der Waals surface area (Å²) in [5, 5.41) is 9.60. The summed E-state index contributed by atoms with van der Waals surface area (Å²) in [4.78, 5) is 15.5. The molecule has 0 aliphatic rings. The number of rotatable bonds is 4. The van der Waals surface area contributed by atoms with E-state index in [9.17, 15) is 9.18 Å². The molecule has 1 N–H and O–H groups in total. The fourth-order valence-electron chi connectivity index (χ4n) is 1.69. The summed E-state index contributed by atoms with van der Waals surface area (Å²) in [6.45, 7) is 1.94. The molecule has 0 radical (unpaired) electrons. The third kappa shape index (κ3) is 2.80. The van der Waals surface area contributed by atoms with Gasteiger partial charge >= 0.3 is 5.97 Å². The van der Waals surface area contributed by atoms with Crippen molar-refractivity contribution in [3.05, 3.63) is 40.2 Å². The average Bonchev–Trinajstić information content (AvgIpc) is 2.77. The third-order valence-electron chi connectivity index (χ3n) is 2.60. The number of nitrogens with zero attached hydrogens (tertiary/aromatic N) is 1. The van der Waals surface area contributed by atoms with E-state index < -0.39 is 5.97 Å². The lowest BCUT2D eigenvalue weighted by atomic mass is 10.1. The van der Waals surface area contributed by atoms with E-state index in [2.05, 4.69) is 4.98 Å². The number of carbonyl (C=O) groups is 1. The van der Waals surface area contributed by atoms with E-state index in [-0.39, 0.29) is 17.3 Å². The number of aromatic nitrogens is 1. The summed E-state index contributed by atoms with van der Waals surface area (Å²) in [5.41, 5.74) is 1.81. The van der Waals surface area contributed by atoms with Crippen LogP contribution in [0.4, 0.5) is 4.39 Å². The highest BCUT2D eigenvalue weighted by Gasteiger charge is 2.19. The van der Waals surface area contributed by atoms with Crippen LogP contribution in [0.15, 0.2) is 18.2 Å². The fourth-order valence-corrected chi connectivity index (χ4v) is 2.68. The molecule has 4 nitrogen and oxygen atoms in total. The summed E-state index contributed by atoms with van der Waals surface area (Å²) in [7, 11) is 1.47. The van der Waals surface area contributed by atoms with Crippen molar-refractivity contribution in [1.29, 1.82) is 0 Å². The second kappa shape index (κ2) is 5.46. The molecule has 2 rings (SSSR count). The number of hydrogen-bond donors (Lipinski definition) is 1. The zero-order valence-corrected chi connectivity index (χ0v) is 11.3. The van der Waals surface area contributed by atoms with Gasteiger partial charge in [-0.3, -0.25) is 0 Å². The number of thiazole rings is 1. The Bertz CT molecular complexity index is 624. The molecule has 0 spiro atoms. The summed E-state index contributed by atoms with van der Waals surface area (Å²) in [6.07, 6.45) is 0. The van der Waals surface area contributed by atoms with Gasteiger partial charge < -0.3 is 9.84 Å². The highest BCUT2D eigenvalue weighted by molar-refractivity contribution is 7.17. The van der Waals surface area contributed by atoms with Gasteiger partial charge in [0.05, 0.1) is 12.3 Å². The van der Waals surface area contributed by atoms with Crippen LogP contribution in [0.25, 0.3) is 10.6 Å². The molecule has 0 fully saturated rings. The van der Waals surface area contributed by atoms with Crippen molar-refractivity contribution in [3.63, 3.8) is 0 Å². The van der Waals surface area contributed by atoms with Crippen LogP contribution in [0.2, 0.25) is 0 Å². The van der Waals surface area contributed by atoms with Gasteiger partial charge in [-0.15, -0.1) is 11.3 Å². The summed E-state index contributed by atoms with van der Waals surface area (Å²) in [5.74, 6) is -1.43. The monoisotopic (exact) mass is 281 g/mol. The molecule has 6 heteroatoms. The topological polar surface area (TPSA) is 59.4 Å². The van der Waals surface area contributed by atoms with Crippen molar-refractivity contribution >= 4 is 17.3 Å². The average molecular weight is 281 g/mol. The Morgan fingerprint density at radius 2 is 2.26 bits per heavy atom. The number of ether oxygens (including phenoxy) is 1. The Balaban J connectivity index is 2.53. The van der Waals surface area contributed by atoms with Crippen molar-refractivity contribution < 1.29 is 19.0 Å². The van der Waals surface area contributed by atoms with E-state index in [0.717, 1.165) is 16.9 Å². The number of aryl methyl sites for hydroxylation is 1. The molecule has 19 heavy (non-hydrogen) atoms. The molecule has 0 unspecified atom stereocenters. The first-order chi connectivity index (χ1) is 9.02. The standard InChI is InChI=1S/C13H12FNO3S/c1-7-3-4-8(14)5-9(7)12-15-10(6-18-2)11(19-12)13(16)17/h3-5H,6H2,1-2H3,(H,16,17). The number of hydrogen-bond acceptors (Lipinski definition) is 4. The van der Waals surface area contributed by atoms with Gasteiger partial charge in [-0.1, -0.05) is 6.07 Å². The Morgan fingerprint density at radius 1 is 1.53 bits per heavy atom. The van der Waals surface area contributed by atoms with E-state index in [4.69, 9.17) is 9.84 Å². The first-order valence-corrected chi connectivity index (χ1v) is 6.33. The molecule has 0 aliphatic heterocycles. The Morgan fingerprint density at radius 3 is 2.89 bits per heavy atom. The fraction of sp³-hybridized carbons (Fsp3) is 0.231. The Kier molecular flexibility index (Phi) is 3.92. The number of aromatic carboxylic acids is 1. The minimum Gasteiger partial charge on any atom is -0.477 e. The lowest BCUT2D eigenvalue weighted by molar-refractivity contribution is 0.0697. The minimum absolute atomic E-state index is 0.118. The number of carboxylic acids is 1. The zero-order chi connectivity index (χ0) is 14.0. The predicted octanol–water partition coefficient (Wildman–Crippen LogP) is 3.10. The molecule has 1 aromatic carbocycles. The minimum atomic E-state index is -1.05. The van der Waals surface area contributed by atoms with Gasteiger partial charge in [0.2, 0.25) is 0 Å². The third-order valence-corrected chi connectivity index (χ3v) is 3.72. The van der Waals surface area contributed by atoms with Crippen molar-refractivity contribution in [3.8, 4) is 10.6 Å². The van der Waals surface area contributed by atoms with Crippen molar-refractivity contribution in [2.75, 3.05) is 7.11 Å². The Hall–Kier alpha value is -1.79. The second-order valence-corrected chi connectivity index (χ2v) is 4.99. The van der Waals surface area contributed by atoms with E-state index >= 15 is 0 Å². The van der Waals surface area contributed by atoms with Crippen LogP contribution in [0.5, 0.6) is 0 Å². The molecule has 0 atom stereocenters. The van der Waals surface area contributed by atoms with E-state index in [1.165, 1.54) is 19.2 Å². The largest absolute Gasteiger partial charge is 0.477 e. The van der Waals surface area contributed by atoms with Gasteiger partial charge in [0.25, 0.3) is 0 Å². The lowest BCUT2D eigenvalue weighted by Gasteiger charge is -2.01. The molecule has 0 aliphatic carbocycles. The van der Waals surface area contributed by atoms with Gasteiger partial charge in [0, 0.05) is 12.7 Å². The lowest BCUT2D eigenvalue weighted by Crippen LogP contribution is -1.99. The van der Waals surface area contributed by atoms with Crippen LogP contribution in [0.1, 0.15) is 20.9 Å². The maximum atomic E-state index is 13.3. The summed E-state index contributed by atoms with van der Waals surface area (Å²) < 4.78 is 18.2. The number of halogens is 1. The number of carboxylic acid groups (broad SMARTS) is 1. The first-order valence-electron chi connectivity index (χ1n) is 5.51. The molecular weight excluding hydrogens is 269 g/mol. The molecule has 1 heterocycles. The van der Waals surface area contributed by atoms with Crippen LogP contribution in [0, 0.1) is 12.7 Å². The predicted molar refractivity (Wildman–Crippen MR) is 69.9 cm³/mol. The normalized spacial score (nSPS) is 10.7. The highest BCUT2D eigenvalue weighted by atomic mass is 32.1. The molecule has 100 valence electrons. The van der Waals surface area contributed by atoms with E-state index in [1.54, 1.807) is 6.07 Å². The van der Waals surface area contributed by atoms with Crippen LogP contribution < -0.4 is 0 Å². The molecule has 2 aromatic rings. The van der Waals surface area contributed by atoms with Gasteiger partial charge in [-0.05, 0) is 24.6 Å². The summed E-state index contributed by atoms with van der Waals surface area (Å²) in [6, 6.07) is 4.36. The molecule has 0 amide bonds. The van der Waals surface area contributed by atoms with Gasteiger partial charge in [-0.2, -0.15) is 0 Å². The highest BCUT2D eigenvalue weighted by Crippen LogP contribution is 2.31. The molecule has 0 saturated heterocycles. The van der Waals surface area contributed by atoms with Crippen LogP contribution in [0.3, 0.4) is 0 Å². The first kappa shape index (κ1) is 13.6. The Labute approximate surface area is 113 Å². The van der Waals surface area contributed by atoms with E-state index in [1.807, 2.05) is 6.92 Å². The van der Waals surface area contributed by atoms with Gasteiger partial charge in [0.15, 0.2) is 0 Å². The molecule has 0 bridgehead atoms.